The van der Waals surface area contributed by atoms with Gasteiger partial charge in [0.25, 0.3) is 0 Å². The number of benzene rings is 1. The van der Waals surface area contributed by atoms with Crippen molar-refractivity contribution in [2.75, 3.05) is 26.5 Å². The van der Waals surface area contributed by atoms with Crippen LogP contribution in [0.2, 0.25) is 0 Å². The maximum atomic E-state index is 12.4. The third kappa shape index (κ3) is 6.71. The molecule has 1 aromatic carbocycles. The highest BCUT2D eigenvalue weighted by Crippen LogP contribution is 2.23. The number of rotatable bonds is 8. The van der Waals surface area contributed by atoms with E-state index in [0.29, 0.717) is 12.3 Å². The first kappa shape index (κ1) is 19.8. The number of thioether (sulfide) groups is 1. The summed E-state index contributed by atoms with van der Waals surface area (Å²) in [6.45, 7) is 2.08. The van der Waals surface area contributed by atoms with Gasteiger partial charge in [0.15, 0.2) is 0 Å². The Hall–Kier alpha value is -1.53. The molecule has 1 unspecified atom stereocenters. The number of hydrogen-bond acceptors (Lipinski definition) is 5. The molecule has 0 radical (unpaired) electrons. The van der Waals surface area contributed by atoms with Crippen molar-refractivity contribution < 1.29 is 14.3 Å². The molecule has 0 spiro atoms. The van der Waals surface area contributed by atoms with Gasteiger partial charge in [-0.3, -0.25) is 9.59 Å². The molecule has 1 fully saturated rings. The molecule has 5 nitrogen and oxygen atoms in total. The summed E-state index contributed by atoms with van der Waals surface area (Å²) in [6, 6.07) is 7.60. The molecule has 0 aliphatic carbocycles. The van der Waals surface area contributed by atoms with Gasteiger partial charge in [0.2, 0.25) is 5.91 Å². The number of carbonyl (C=O) groups is 2. The third-order valence-corrected chi connectivity index (χ3v) is 5.43. The Morgan fingerprint density at radius 3 is 2.56 bits per heavy atom. The van der Waals surface area contributed by atoms with E-state index in [-0.39, 0.29) is 24.3 Å². The largest absolute Gasteiger partial charge is 0.469 e. The van der Waals surface area contributed by atoms with E-state index in [1.165, 1.54) is 7.11 Å². The predicted molar refractivity (Wildman–Crippen MR) is 101 cm³/mol. The Kier molecular flexibility index (Phi) is 8.28. The average Bonchev–Trinajstić information content (AvgIpc) is 2.66. The SMILES string of the molecule is COC(=O)CC(NC(=O)CCC1CCNCC1)c1ccc(SC)cc1. The molecule has 0 aromatic heterocycles. The van der Waals surface area contributed by atoms with Crippen molar-refractivity contribution in [2.24, 2.45) is 5.92 Å². The van der Waals surface area contributed by atoms with Crippen molar-refractivity contribution in [3.05, 3.63) is 29.8 Å². The summed E-state index contributed by atoms with van der Waals surface area (Å²) in [7, 11) is 1.37. The van der Waals surface area contributed by atoms with Crippen molar-refractivity contribution >= 4 is 23.6 Å². The fraction of sp³-hybridized carbons (Fsp3) is 0.579. The molecule has 1 heterocycles. The lowest BCUT2D eigenvalue weighted by Gasteiger charge is -2.23. The van der Waals surface area contributed by atoms with Gasteiger partial charge in [0, 0.05) is 11.3 Å². The van der Waals surface area contributed by atoms with E-state index < -0.39 is 0 Å². The fourth-order valence-electron chi connectivity index (χ4n) is 3.11. The molecule has 0 bridgehead atoms. The Labute approximate surface area is 154 Å². The van der Waals surface area contributed by atoms with Crippen LogP contribution in [-0.2, 0) is 14.3 Å². The minimum Gasteiger partial charge on any atom is -0.469 e. The van der Waals surface area contributed by atoms with Gasteiger partial charge in [0.1, 0.15) is 0 Å². The molecule has 25 heavy (non-hydrogen) atoms. The van der Waals surface area contributed by atoms with E-state index in [1.54, 1.807) is 11.8 Å². The number of hydrogen-bond donors (Lipinski definition) is 2. The molecule has 2 N–H and O–H groups in total. The molecule has 138 valence electrons. The van der Waals surface area contributed by atoms with Gasteiger partial charge < -0.3 is 15.4 Å². The second-order valence-electron chi connectivity index (χ2n) is 6.41. The Bertz CT molecular complexity index is 556. The molecule has 6 heteroatoms. The second-order valence-corrected chi connectivity index (χ2v) is 7.29. The summed E-state index contributed by atoms with van der Waals surface area (Å²) in [5, 5.41) is 6.35. The molecule has 2 rings (SSSR count). The van der Waals surface area contributed by atoms with Gasteiger partial charge in [-0.1, -0.05) is 12.1 Å². The second kappa shape index (κ2) is 10.5. The van der Waals surface area contributed by atoms with Gasteiger partial charge in [-0.05, 0) is 62.2 Å². The van der Waals surface area contributed by atoms with Crippen molar-refractivity contribution in [2.45, 2.75) is 43.0 Å². The van der Waals surface area contributed by atoms with Crippen LogP contribution in [0.15, 0.2) is 29.2 Å². The van der Waals surface area contributed by atoms with E-state index in [2.05, 4.69) is 10.6 Å². The Balaban J connectivity index is 1.94. The van der Waals surface area contributed by atoms with Gasteiger partial charge in [-0.2, -0.15) is 0 Å². The fourth-order valence-corrected chi connectivity index (χ4v) is 3.52. The lowest BCUT2D eigenvalue weighted by molar-refractivity contribution is -0.141. The van der Waals surface area contributed by atoms with Crippen LogP contribution in [-0.4, -0.2) is 38.3 Å². The number of piperidine rings is 1. The molecule has 1 aromatic rings. The van der Waals surface area contributed by atoms with Crippen molar-refractivity contribution in [1.29, 1.82) is 0 Å². The standard InChI is InChI=1S/C19H28N2O3S/c1-24-19(23)13-17(15-4-6-16(25-2)7-5-15)21-18(22)8-3-14-9-11-20-12-10-14/h4-7,14,17,20H,3,8-13H2,1-2H3,(H,21,22). The van der Waals surface area contributed by atoms with E-state index in [9.17, 15) is 9.59 Å². The number of carbonyl (C=O) groups excluding carboxylic acids is 2. The highest BCUT2D eigenvalue weighted by atomic mass is 32.2. The zero-order valence-corrected chi connectivity index (χ0v) is 15.9. The van der Waals surface area contributed by atoms with E-state index in [0.717, 1.165) is 42.8 Å². The minimum absolute atomic E-state index is 0.00128. The first-order valence-corrected chi connectivity index (χ1v) is 10.1. The zero-order chi connectivity index (χ0) is 18.1. The van der Waals surface area contributed by atoms with Gasteiger partial charge >= 0.3 is 5.97 Å². The van der Waals surface area contributed by atoms with E-state index >= 15 is 0 Å². The molecule has 1 atom stereocenters. The van der Waals surface area contributed by atoms with Crippen LogP contribution in [0, 0.1) is 5.92 Å². The number of amides is 1. The summed E-state index contributed by atoms with van der Waals surface area (Å²) >= 11 is 1.66. The number of esters is 1. The first-order chi connectivity index (χ1) is 12.1. The maximum Gasteiger partial charge on any atom is 0.307 e. The highest BCUT2D eigenvalue weighted by Gasteiger charge is 2.20. The predicted octanol–water partition coefficient (Wildman–Crippen LogP) is 2.91. The summed E-state index contributed by atoms with van der Waals surface area (Å²) in [5.41, 5.74) is 0.929. The number of ether oxygens (including phenoxy) is 1. The van der Waals surface area contributed by atoms with E-state index in [1.807, 2.05) is 30.5 Å². The molecule has 1 aliphatic rings. The topological polar surface area (TPSA) is 67.4 Å². The summed E-state index contributed by atoms with van der Waals surface area (Å²) < 4.78 is 4.78. The molecular formula is C19H28N2O3S. The Morgan fingerprint density at radius 1 is 1.28 bits per heavy atom. The first-order valence-electron chi connectivity index (χ1n) is 8.83. The average molecular weight is 365 g/mol. The van der Waals surface area contributed by atoms with Crippen LogP contribution in [0.25, 0.3) is 0 Å². The smallest absolute Gasteiger partial charge is 0.307 e. The third-order valence-electron chi connectivity index (χ3n) is 4.69. The molecule has 0 saturated carbocycles. The lowest BCUT2D eigenvalue weighted by Crippen LogP contribution is -2.32. The molecule has 1 amide bonds. The minimum atomic E-state index is -0.344. The van der Waals surface area contributed by atoms with Crippen LogP contribution >= 0.6 is 11.8 Å². The van der Waals surface area contributed by atoms with Gasteiger partial charge in [-0.25, -0.2) is 0 Å². The van der Waals surface area contributed by atoms with Crippen LogP contribution in [0.1, 0.15) is 43.7 Å². The van der Waals surface area contributed by atoms with Crippen molar-refractivity contribution in [3.63, 3.8) is 0 Å². The van der Waals surface area contributed by atoms with Crippen LogP contribution in [0.4, 0.5) is 0 Å². The summed E-state index contributed by atoms with van der Waals surface area (Å²) in [5.74, 6) is 0.297. The van der Waals surface area contributed by atoms with Gasteiger partial charge in [0.05, 0.1) is 19.6 Å². The van der Waals surface area contributed by atoms with Crippen molar-refractivity contribution in [3.8, 4) is 0 Å². The van der Waals surface area contributed by atoms with Crippen LogP contribution < -0.4 is 10.6 Å². The number of nitrogens with one attached hydrogen (secondary N) is 2. The lowest BCUT2D eigenvalue weighted by atomic mass is 9.93. The molecular weight excluding hydrogens is 336 g/mol. The zero-order valence-electron chi connectivity index (χ0n) is 15.0. The molecule has 1 saturated heterocycles. The molecule has 1 aliphatic heterocycles. The van der Waals surface area contributed by atoms with Crippen molar-refractivity contribution in [1.82, 2.24) is 10.6 Å². The van der Waals surface area contributed by atoms with Gasteiger partial charge in [-0.15, -0.1) is 11.8 Å². The normalized spacial score (nSPS) is 16.2. The Morgan fingerprint density at radius 2 is 1.96 bits per heavy atom. The quantitative estimate of drug-likeness (QED) is 0.548. The summed E-state index contributed by atoms with van der Waals surface area (Å²) in [6.07, 6.45) is 5.84. The van der Waals surface area contributed by atoms with E-state index in [4.69, 9.17) is 4.74 Å². The van der Waals surface area contributed by atoms with Crippen LogP contribution in [0.5, 0.6) is 0 Å². The maximum absolute atomic E-state index is 12.4. The highest BCUT2D eigenvalue weighted by molar-refractivity contribution is 7.98. The number of methoxy groups -OCH3 is 1. The monoisotopic (exact) mass is 364 g/mol. The van der Waals surface area contributed by atoms with Crippen LogP contribution in [0.3, 0.4) is 0 Å². The summed E-state index contributed by atoms with van der Waals surface area (Å²) in [4.78, 5) is 25.3.